The van der Waals surface area contributed by atoms with Crippen LogP contribution in [0, 0.1) is 5.92 Å². The minimum absolute atomic E-state index is 0.0375. The van der Waals surface area contributed by atoms with Gasteiger partial charge in [0.05, 0.1) is 31.6 Å². The summed E-state index contributed by atoms with van der Waals surface area (Å²) < 4.78 is 30.5. The van der Waals surface area contributed by atoms with Crippen molar-refractivity contribution in [3.8, 4) is 0 Å². The molecule has 7 N–H and O–H groups in total. The zero-order valence-corrected chi connectivity index (χ0v) is 24.3. The third-order valence-electron chi connectivity index (χ3n) is 6.94. The lowest BCUT2D eigenvalue weighted by Gasteiger charge is -2.23. The number of aromatic amines is 1. The largest absolute Gasteiger partial charge is 0.387 e. The number of anilines is 2. The Morgan fingerprint density at radius 3 is 2.93 bits per heavy atom. The van der Waals surface area contributed by atoms with E-state index in [1.165, 1.54) is 15.5 Å². The van der Waals surface area contributed by atoms with E-state index in [0.29, 0.717) is 12.1 Å². The Balaban J connectivity index is 1.11. The topological polar surface area (TPSA) is 258 Å². The van der Waals surface area contributed by atoms with Crippen molar-refractivity contribution in [2.24, 2.45) is 5.92 Å². The number of nitrogens with two attached hydrogens (primary N) is 2. The predicted molar refractivity (Wildman–Crippen MR) is 150 cm³/mol. The second-order valence-electron chi connectivity index (χ2n) is 9.45. The SMILES string of the molecule is Nc1nc2c(nnn2[C@@H]2SC(OC(O)OC[C@H]3C[C@H](c4cnn5c(N)ncnc45)O[C@@H]3COP)[C@@H](O)[C@H]2OS)c(=O)[nH]1. The number of thiol groups is 1. The maximum Gasteiger partial charge on any atom is 0.282 e. The van der Waals surface area contributed by atoms with E-state index in [0.717, 1.165) is 17.3 Å². The number of rotatable bonds is 10. The van der Waals surface area contributed by atoms with Gasteiger partial charge in [-0.05, 0) is 19.3 Å². The minimum atomic E-state index is -1.72. The van der Waals surface area contributed by atoms with Gasteiger partial charge in [-0.1, -0.05) is 17.0 Å². The zero-order valence-electron chi connectivity index (χ0n) is 21.4. The normalized spacial score (nSPS) is 28.7. The fourth-order valence-corrected chi connectivity index (χ4v) is 6.85. The number of fused-ring (bicyclic) bond motifs is 2. The molecular formula is C20H26N11O8PS2. The average molecular weight is 644 g/mol. The highest BCUT2D eigenvalue weighted by molar-refractivity contribution is 8.00. The van der Waals surface area contributed by atoms with Crippen LogP contribution in [-0.2, 0) is 22.9 Å². The van der Waals surface area contributed by atoms with Gasteiger partial charge < -0.3 is 44.6 Å². The van der Waals surface area contributed by atoms with Crippen molar-refractivity contribution in [1.82, 2.24) is 44.5 Å². The molecule has 0 radical (unpaired) electrons. The van der Waals surface area contributed by atoms with Gasteiger partial charge in [0.25, 0.3) is 12.0 Å². The number of nitrogens with one attached hydrogen (secondary N) is 1. The van der Waals surface area contributed by atoms with Gasteiger partial charge in [-0.2, -0.15) is 14.6 Å². The average Bonchev–Trinajstić information content (AvgIpc) is 3.73. The minimum Gasteiger partial charge on any atom is -0.387 e. The van der Waals surface area contributed by atoms with Gasteiger partial charge in [-0.25, -0.2) is 14.6 Å². The Morgan fingerprint density at radius 1 is 1.31 bits per heavy atom. The maximum absolute atomic E-state index is 12.2. The first-order valence-electron chi connectivity index (χ1n) is 12.4. The number of nitrogen functional groups attached to an aromatic ring is 2. The van der Waals surface area contributed by atoms with Crippen molar-refractivity contribution >= 4 is 62.8 Å². The summed E-state index contributed by atoms with van der Waals surface area (Å²) in [4.78, 5) is 26.8. The molecule has 6 heterocycles. The Hall–Kier alpha value is -2.72. The smallest absolute Gasteiger partial charge is 0.282 e. The highest BCUT2D eigenvalue weighted by atomic mass is 32.2. The van der Waals surface area contributed by atoms with Gasteiger partial charge in [0.2, 0.25) is 11.9 Å². The van der Waals surface area contributed by atoms with E-state index < -0.39 is 35.1 Å². The van der Waals surface area contributed by atoms with Crippen LogP contribution in [-0.4, -0.2) is 98.2 Å². The van der Waals surface area contributed by atoms with Gasteiger partial charge in [-0.3, -0.25) is 9.78 Å². The molecule has 3 unspecified atom stereocenters. The molecule has 0 bridgehead atoms. The van der Waals surface area contributed by atoms with Gasteiger partial charge in [0.15, 0.2) is 16.8 Å². The fraction of sp³-hybridized carbons (Fsp3) is 0.550. The van der Waals surface area contributed by atoms with Crippen LogP contribution in [0.3, 0.4) is 0 Å². The van der Waals surface area contributed by atoms with Gasteiger partial charge >= 0.3 is 0 Å². The molecule has 6 rings (SSSR count). The molecule has 19 nitrogen and oxygen atoms in total. The lowest BCUT2D eigenvalue weighted by Crippen LogP contribution is -2.36. The Bertz CT molecular complexity index is 1630. The summed E-state index contributed by atoms with van der Waals surface area (Å²) in [5.41, 5.74) is 11.2. The summed E-state index contributed by atoms with van der Waals surface area (Å²) in [5, 5.41) is 32.7. The van der Waals surface area contributed by atoms with E-state index in [1.807, 2.05) is 0 Å². The van der Waals surface area contributed by atoms with Crippen molar-refractivity contribution in [3.05, 3.63) is 28.4 Å². The third-order valence-corrected chi connectivity index (χ3v) is 8.78. The first kappa shape index (κ1) is 29.4. The lowest BCUT2D eigenvalue weighted by molar-refractivity contribution is -0.282. The Morgan fingerprint density at radius 2 is 2.14 bits per heavy atom. The van der Waals surface area contributed by atoms with Crippen molar-refractivity contribution < 1.29 is 33.1 Å². The van der Waals surface area contributed by atoms with Gasteiger partial charge in [0, 0.05) is 20.9 Å². The molecule has 0 aliphatic carbocycles. The van der Waals surface area contributed by atoms with Crippen molar-refractivity contribution in [1.29, 1.82) is 0 Å². The molecule has 2 fully saturated rings. The maximum atomic E-state index is 12.2. The predicted octanol–water partition coefficient (Wildman–Crippen LogP) is -1.46. The van der Waals surface area contributed by atoms with Crippen molar-refractivity contribution in [3.63, 3.8) is 0 Å². The van der Waals surface area contributed by atoms with Crippen LogP contribution in [0.4, 0.5) is 11.9 Å². The number of aliphatic hydroxyl groups is 2. The summed E-state index contributed by atoms with van der Waals surface area (Å²) in [6, 6.07) is 0. The van der Waals surface area contributed by atoms with Gasteiger partial charge in [-0.15, -0.1) is 5.10 Å². The molecule has 9 atom stereocenters. The van der Waals surface area contributed by atoms with Crippen molar-refractivity contribution in [2.75, 3.05) is 24.7 Å². The molecule has 22 heteroatoms. The number of aromatic nitrogens is 9. The summed E-state index contributed by atoms with van der Waals surface area (Å²) in [5.74, 6) is -0.149. The van der Waals surface area contributed by atoms with Crippen LogP contribution in [0.5, 0.6) is 0 Å². The highest BCUT2D eigenvalue weighted by Gasteiger charge is 2.48. The number of hydrogen-bond donors (Lipinski definition) is 6. The van der Waals surface area contributed by atoms with Crippen molar-refractivity contribution in [2.45, 2.75) is 48.1 Å². The molecule has 2 aliphatic heterocycles. The third kappa shape index (κ3) is 5.41. The van der Waals surface area contributed by atoms with Crippen LogP contribution in [0.15, 0.2) is 17.3 Å². The van der Waals surface area contributed by atoms with E-state index in [2.05, 4.69) is 57.7 Å². The zero-order chi connectivity index (χ0) is 29.5. The molecule has 42 heavy (non-hydrogen) atoms. The molecule has 0 saturated carbocycles. The number of aliphatic hydroxyl groups excluding tert-OH is 2. The number of hydrogen-bond acceptors (Lipinski definition) is 18. The summed E-state index contributed by atoms with van der Waals surface area (Å²) in [6.45, 7) is -1.44. The monoisotopic (exact) mass is 643 g/mol. The number of thioether (sulfide) groups is 1. The fourth-order valence-electron chi connectivity index (χ4n) is 4.96. The standard InChI is InChI=1S/C20H26N11O8PS2/c21-18-26-14-10(15(33)27-18)28-29-30(14)16-12(39-41)11(32)17(42-16)38-20(34)35-3-6-1-8(37-9(6)4-36-40)7-2-25-31-13(7)23-5-24-19(31)22/h2,5-6,8-9,11-12,16-17,20,32,34,41H,1,3-4,40H2,(H2,22,23,24)(H3,21,26,27,33)/t6-,8-,9-,11+,12-,16-,17?,20?/m1/s1. The summed E-state index contributed by atoms with van der Waals surface area (Å²) >= 11 is 4.91. The first-order chi connectivity index (χ1) is 20.3. The number of H-pyrrole nitrogens is 1. The highest BCUT2D eigenvalue weighted by Crippen LogP contribution is 2.45. The van der Waals surface area contributed by atoms with Gasteiger partial charge in [0.1, 0.15) is 29.3 Å². The van der Waals surface area contributed by atoms with Crippen LogP contribution in [0.2, 0.25) is 0 Å². The van der Waals surface area contributed by atoms with E-state index in [1.54, 1.807) is 6.20 Å². The van der Waals surface area contributed by atoms with E-state index in [9.17, 15) is 15.0 Å². The second kappa shape index (κ2) is 12.1. The van der Waals surface area contributed by atoms with E-state index in [4.69, 9.17) is 34.4 Å². The van der Waals surface area contributed by atoms with E-state index in [-0.39, 0.29) is 54.4 Å². The Kier molecular flexibility index (Phi) is 8.46. The summed E-state index contributed by atoms with van der Waals surface area (Å²) in [6.07, 6.45) is 0.443. The van der Waals surface area contributed by atoms with Crippen LogP contribution >= 0.6 is 34.1 Å². The van der Waals surface area contributed by atoms with Crippen LogP contribution in [0.25, 0.3) is 16.8 Å². The molecule has 0 amide bonds. The van der Waals surface area contributed by atoms with Crippen LogP contribution in [0.1, 0.15) is 23.5 Å². The molecule has 2 aliphatic rings. The molecule has 0 spiro atoms. The molecule has 0 aromatic carbocycles. The van der Waals surface area contributed by atoms with Crippen LogP contribution < -0.4 is 17.0 Å². The lowest BCUT2D eigenvalue weighted by atomic mass is 9.98. The summed E-state index contributed by atoms with van der Waals surface area (Å²) in [7, 11) is 2.19. The quantitative estimate of drug-likeness (QED) is 0.0499. The number of nitrogens with zero attached hydrogens (tertiary/aromatic N) is 8. The Labute approximate surface area is 247 Å². The second-order valence-corrected chi connectivity index (χ2v) is 11.2. The molecule has 4 aromatic heterocycles. The van der Waals surface area contributed by atoms with E-state index >= 15 is 0 Å². The molecule has 2 saturated heterocycles. The molecule has 4 aromatic rings. The molecule has 226 valence electrons. The number of ether oxygens (including phenoxy) is 3. The molecular weight excluding hydrogens is 617 g/mol. The first-order valence-corrected chi connectivity index (χ1v) is 14.2.